The number of rotatable bonds is 5. The molecule has 1 saturated heterocycles. The van der Waals surface area contributed by atoms with E-state index in [2.05, 4.69) is 51.7 Å². The average molecular weight is 397 g/mol. The van der Waals surface area contributed by atoms with Gasteiger partial charge in [0.2, 0.25) is 5.91 Å². The van der Waals surface area contributed by atoms with Gasteiger partial charge in [-0.15, -0.1) is 0 Å². The Morgan fingerprint density at radius 3 is 2.69 bits per heavy atom. The number of carbonyl (C=O) groups is 1. The fourth-order valence-corrected chi connectivity index (χ4v) is 4.25. The second kappa shape index (κ2) is 8.41. The van der Waals surface area contributed by atoms with E-state index in [0.717, 1.165) is 43.9 Å². The molecule has 1 atom stereocenters. The molecule has 4 rings (SSSR count). The lowest BCUT2D eigenvalue weighted by atomic mass is 10.1. The van der Waals surface area contributed by atoms with E-state index in [9.17, 15) is 9.18 Å². The molecule has 0 aliphatic carbocycles. The highest BCUT2D eigenvalue weighted by Gasteiger charge is 2.29. The summed E-state index contributed by atoms with van der Waals surface area (Å²) in [5, 5.41) is 6.23. The molecule has 1 fully saturated rings. The van der Waals surface area contributed by atoms with E-state index >= 15 is 0 Å². The van der Waals surface area contributed by atoms with Crippen LogP contribution in [0.15, 0.2) is 36.4 Å². The lowest BCUT2D eigenvalue weighted by molar-refractivity contribution is -0.121. The summed E-state index contributed by atoms with van der Waals surface area (Å²) < 4.78 is 14.0. The Hall–Kier alpha value is -2.60. The quantitative estimate of drug-likeness (QED) is 0.816. The first kappa shape index (κ1) is 19.7. The van der Waals surface area contributed by atoms with Crippen LogP contribution in [-0.2, 0) is 17.6 Å². The number of para-hydroxylation sites is 1. The summed E-state index contributed by atoms with van der Waals surface area (Å²) in [4.78, 5) is 17.4. The lowest BCUT2D eigenvalue weighted by Crippen LogP contribution is -2.45. The minimum Gasteiger partial charge on any atom is -0.373 e. The fourth-order valence-electron chi connectivity index (χ4n) is 4.25. The van der Waals surface area contributed by atoms with E-state index < -0.39 is 6.04 Å². The third kappa shape index (κ3) is 4.22. The van der Waals surface area contributed by atoms with Crippen molar-refractivity contribution >= 4 is 17.3 Å². The molecule has 2 aliphatic rings. The Balaban J connectivity index is 1.34. The minimum atomic E-state index is -0.409. The van der Waals surface area contributed by atoms with Crippen LogP contribution in [0.5, 0.6) is 0 Å². The summed E-state index contributed by atoms with van der Waals surface area (Å²) in [5.74, 6) is -0.313. The highest BCUT2D eigenvalue weighted by Crippen LogP contribution is 2.31. The van der Waals surface area contributed by atoms with Gasteiger partial charge in [0, 0.05) is 56.1 Å². The number of carbonyl (C=O) groups excluding carboxylic acids is 1. The van der Waals surface area contributed by atoms with Gasteiger partial charge in [-0.05, 0) is 43.7 Å². The monoisotopic (exact) mass is 396 g/mol. The van der Waals surface area contributed by atoms with Crippen LogP contribution in [0.3, 0.4) is 0 Å². The topological polar surface area (TPSA) is 47.6 Å². The molecule has 2 aromatic rings. The zero-order chi connectivity index (χ0) is 20.4. The van der Waals surface area contributed by atoms with Gasteiger partial charge >= 0.3 is 0 Å². The molecule has 2 N–H and O–H groups in total. The van der Waals surface area contributed by atoms with Crippen molar-refractivity contribution in [1.82, 2.24) is 10.2 Å². The van der Waals surface area contributed by atoms with Gasteiger partial charge in [-0.2, -0.15) is 0 Å². The number of amides is 1. The van der Waals surface area contributed by atoms with Crippen LogP contribution in [0.1, 0.15) is 16.7 Å². The summed E-state index contributed by atoms with van der Waals surface area (Å²) >= 11 is 0. The average Bonchev–Trinajstić information content (AvgIpc) is 3.19. The molecule has 2 heterocycles. The summed E-state index contributed by atoms with van der Waals surface area (Å²) in [7, 11) is 2.15. The molecule has 0 bridgehead atoms. The fraction of sp³-hybridized carbons (Fsp3) is 0.435. The summed E-state index contributed by atoms with van der Waals surface area (Å²) in [5.41, 5.74) is 4.87. The minimum absolute atomic E-state index is 0.0721. The van der Waals surface area contributed by atoms with Crippen LogP contribution < -0.4 is 15.5 Å². The molecule has 0 aromatic heterocycles. The molecular weight excluding hydrogens is 367 g/mol. The predicted molar refractivity (Wildman–Crippen MR) is 115 cm³/mol. The number of nitrogens with one attached hydrogen (secondary N) is 2. The van der Waals surface area contributed by atoms with E-state index in [1.54, 1.807) is 6.07 Å². The van der Waals surface area contributed by atoms with Crippen LogP contribution in [0.25, 0.3) is 0 Å². The van der Waals surface area contributed by atoms with E-state index in [1.165, 1.54) is 17.3 Å². The Bertz CT molecular complexity index is 861. The van der Waals surface area contributed by atoms with Crippen LogP contribution in [0.2, 0.25) is 0 Å². The third-order valence-electron chi connectivity index (χ3n) is 6.04. The molecule has 154 valence electrons. The van der Waals surface area contributed by atoms with Crippen LogP contribution in [-0.4, -0.2) is 56.6 Å². The van der Waals surface area contributed by atoms with Crippen molar-refractivity contribution < 1.29 is 9.18 Å². The summed E-state index contributed by atoms with van der Waals surface area (Å²) in [6, 6.07) is 11.3. The molecule has 1 amide bonds. The maximum Gasteiger partial charge on any atom is 0.242 e. The van der Waals surface area contributed by atoms with Gasteiger partial charge in [-0.25, -0.2) is 4.39 Å². The lowest BCUT2D eigenvalue weighted by Gasteiger charge is -2.35. The van der Waals surface area contributed by atoms with Crippen molar-refractivity contribution in [2.45, 2.75) is 25.8 Å². The van der Waals surface area contributed by atoms with Gasteiger partial charge in [0.05, 0.1) is 0 Å². The van der Waals surface area contributed by atoms with E-state index in [0.29, 0.717) is 18.5 Å². The van der Waals surface area contributed by atoms with Gasteiger partial charge in [-0.1, -0.05) is 24.3 Å². The van der Waals surface area contributed by atoms with E-state index in [4.69, 9.17) is 0 Å². The highest BCUT2D eigenvalue weighted by atomic mass is 19.1. The van der Waals surface area contributed by atoms with Crippen LogP contribution >= 0.6 is 0 Å². The predicted octanol–water partition coefficient (Wildman–Crippen LogP) is 2.58. The summed E-state index contributed by atoms with van der Waals surface area (Å²) in [6.07, 6.45) is 1.17. The van der Waals surface area contributed by atoms with Gasteiger partial charge in [0.1, 0.15) is 11.9 Å². The first-order valence-electron chi connectivity index (χ1n) is 10.4. The van der Waals surface area contributed by atoms with E-state index in [-0.39, 0.29) is 11.7 Å². The molecule has 2 aliphatic heterocycles. The second-order valence-electron chi connectivity index (χ2n) is 8.08. The molecule has 5 nitrogen and oxygen atoms in total. The Kier molecular flexibility index (Phi) is 5.72. The SMILES string of the molecule is Cc1ccc(F)c2c1NC(C(=O)NCCc1ccccc1N1CCN(C)CC1)C2. The van der Waals surface area contributed by atoms with Crippen molar-refractivity contribution in [3.63, 3.8) is 0 Å². The number of halogens is 1. The number of piperazine rings is 1. The number of nitrogens with zero attached hydrogens (tertiary/aromatic N) is 2. The number of benzene rings is 2. The number of hydrogen-bond donors (Lipinski definition) is 2. The molecular formula is C23H29FN4O. The van der Waals surface area contributed by atoms with Crippen molar-refractivity contribution in [3.05, 3.63) is 58.9 Å². The van der Waals surface area contributed by atoms with Gasteiger partial charge in [-0.3, -0.25) is 4.79 Å². The third-order valence-corrected chi connectivity index (χ3v) is 6.04. The number of likely N-dealkylation sites (N-methyl/N-ethyl adjacent to an activating group) is 1. The number of aryl methyl sites for hydroxylation is 1. The number of hydrogen-bond acceptors (Lipinski definition) is 4. The first-order chi connectivity index (χ1) is 14.0. The van der Waals surface area contributed by atoms with Gasteiger partial charge in [0.15, 0.2) is 0 Å². The number of anilines is 2. The smallest absolute Gasteiger partial charge is 0.242 e. The second-order valence-corrected chi connectivity index (χ2v) is 8.08. The zero-order valence-electron chi connectivity index (χ0n) is 17.2. The van der Waals surface area contributed by atoms with Crippen molar-refractivity contribution in [2.24, 2.45) is 0 Å². The molecule has 2 aromatic carbocycles. The standard InChI is InChI=1S/C23H29FN4O/c1-16-7-8-19(24)18-15-20(26-22(16)18)23(29)25-10-9-17-5-3-4-6-21(17)28-13-11-27(2)12-14-28/h3-8,20,26H,9-15H2,1-2H3,(H,25,29). The van der Waals surface area contributed by atoms with Crippen molar-refractivity contribution in [3.8, 4) is 0 Å². The Morgan fingerprint density at radius 1 is 1.17 bits per heavy atom. The first-order valence-corrected chi connectivity index (χ1v) is 10.4. The molecule has 0 spiro atoms. The Morgan fingerprint density at radius 2 is 1.93 bits per heavy atom. The van der Waals surface area contributed by atoms with Crippen LogP contribution in [0.4, 0.5) is 15.8 Å². The highest BCUT2D eigenvalue weighted by molar-refractivity contribution is 5.88. The molecule has 29 heavy (non-hydrogen) atoms. The zero-order valence-corrected chi connectivity index (χ0v) is 17.2. The molecule has 1 unspecified atom stereocenters. The maximum absolute atomic E-state index is 14.0. The van der Waals surface area contributed by atoms with Crippen molar-refractivity contribution in [1.29, 1.82) is 0 Å². The van der Waals surface area contributed by atoms with Crippen LogP contribution in [0, 0.1) is 12.7 Å². The number of fused-ring (bicyclic) bond motifs is 1. The largest absolute Gasteiger partial charge is 0.373 e. The molecule has 0 radical (unpaired) electrons. The van der Waals surface area contributed by atoms with E-state index in [1.807, 2.05) is 6.92 Å². The van der Waals surface area contributed by atoms with Gasteiger partial charge < -0.3 is 20.4 Å². The Labute approximate surface area is 171 Å². The maximum atomic E-state index is 14.0. The molecule has 0 saturated carbocycles. The van der Waals surface area contributed by atoms with Gasteiger partial charge in [0.25, 0.3) is 0 Å². The molecule has 6 heteroatoms. The normalized spacial score (nSPS) is 19.0. The summed E-state index contributed by atoms with van der Waals surface area (Å²) in [6.45, 7) is 6.68. The van der Waals surface area contributed by atoms with Crippen molar-refractivity contribution in [2.75, 3.05) is 50.0 Å².